The number of hydrogen-bond acceptors (Lipinski definition) is 6. The van der Waals surface area contributed by atoms with E-state index < -0.39 is 25.2 Å². The summed E-state index contributed by atoms with van der Waals surface area (Å²) in [5.41, 5.74) is 5.07. The molecule has 6 nitrogen and oxygen atoms in total. The highest BCUT2D eigenvalue weighted by Gasteiger charge is 2.67. The van der Waals surface area contributed by atoms with Gasteiger partial charge in [0, 0.05) is 22.3 Å². The van der Waals surface area contributed by atoms with Crippen molar-refractivity contribution >= 4 is 8.60 Å². The van der Waals surface area contributed by atoms with Crippen LogP contribution >= 0.6 is 8.60 Å². The maximum Gasteiger partial charge on any atom is 0.400 e. The molecular weight excluding hydrogens is 824 g/mol. The monoisotopic (exact) mass is 884 g/mol. The molecule has 1 saturated heterocycles. The van der Waals surface area contributed by atoms with Crippen LogP contribution in [0.1, 0.15) is 101 Å². The lowest BCUT2D eigenvalue weighted by Gasteiger charge is -2.43. The molecule has 0 unspecified atom stereocenters. The van der Waals surface area contributed by atoms with Crippen molar-refractivity contribution in [1.82, 2.24) is 0 Å². The quantitative estimate of drug-likeness (QED) is 0.121. The van der Waals surface area contributed by atoms with E-state index in [1.54, 1.807) is 14.2 Å². The van der Waals surface area contributed by atoms with Gasteiger partial charge < -0.3 is 18.7 Å². The zero-order valence-corrected chi connectivity index (χ0v) is 40.5. The molecule has 7 heteroatoms. The number of methoxy groups -OCH3 is 2. The number of hydrogen-bond donors (Lipinski definition) is 0. The molecular formula is C58H61O6P. The highest BCUT2D eigenvalue weighted by molar-refractivity contribution is 7.42. The van der Waals surface area contributed by atoms with Crippen LogP contribution in [0.4, 0.5) is 0 Å². The molecule has 1 heterocycles. The van der Waals surface area contributed by atoms with Gasteiger partial charge >= 0.3 is 8.60 Å². The molecule has 0 aromatic heterocycles. The van der Waals surface area contributed by atoms with Crippen molar-refractivity contribution in [2.24, 2.45) is 0 Å². The fourth-order valence-electron chi connectivity index (χ4n) is 8.84. The van der Waals surface area contributed by atoms with Gasteiger partial charge in [-0.2, -0.15) is 0 Å². The summed E-state index contributed by atoms with van der Waals surface area (Å²) in [4.78, 5) is 0. The van der Waals surface area contributed by atoms with Gasteiger partial charge in [0.15, 0.2) is 11.2 Å². The van der Waals surface area contributed by atoms with E-state index in [4.69, 9.17) is 27.8 Å². The summed E-state index contributed by atoms with van der Waals surface area (Å²) in [6.45, 7) is 19.7. The summed E-state index contributed by atoms with van der Waals surface area (Å²) in [5.74, 6) is 3.35. The SMILES string of the molecule is COc1cc(-c2cc(OC)cc(C(C)(C)C)c2OP2OC(c3ccccc3)(c3ccccc3)C(c3ccccc3)(c3ccccc3)O2)c(Oc2ccc(C(C)(C)C)cc2)c(C(C)(C)C)c1. The van der Waals surface area contributed by atoms with E-state index in [1.807, 2.05) is 48.5 Å². The fourth-order valence-corrected chi connectivity index (χ4v) is 10.4. The zero-order chi connectivity index (χ0) is 46.2. The minimum absolute atomic E-state index is 0.0139. The van der Waals surface area contributed by atoms with Gasteiger partial charge in [-0.1, -0.05) is 196 Å². The lowest BCUT2D eigenvalue weighted by atomic mass is 9.66. The Bertz CT molecular complexity index is 2550. The molecule has 0 saturated carbocycles. The minimum Gasteiger partial charge on any atom is -0.497 e. The summed E-state index contributed by atoms with van der Waals surface area (Å²) in [7, 11) is 1.19. The van der Waals surface area contributed by atoms with Crippen LogP contribution < -0.4 is 18.7 Å². The van der Waals surface area contributed by atoms with Crippen LogP contribution in [0.15, 0.2) is 170 Å². The Labute approximate surface area is 387 Å². The molecule has 0 amide bonds. The Morgan fingerprint density at radius 3 is 1.09 bits per heavy atom. The van der Waals surface area contributed by atoms with E-state index in [0.29, 0.717) is 28.7 Å². The van der Waals surface area contributed by atoms with Crippen LogP contribution in [0.3, 0.4) is 0 Å². The van der Waals surface area contributed by atoms with Crippen LogP contribution in [0.2, 0.25) is 0 Å². The predicted octanol–water partition coefficient (Wildman–Crippen LogP) is 15.6. The highest BCUT2D eigenvalue weighted by atomic mass is 31.2. The maximum atomic E-state index is 7.69. The molecule has 1 aliphatic rings. The Morgan fingerprint density at radius 2 is 0.754 bits per heavy atom. The van der Waals surface area contributed by atoms with Gasteiger partial charge in [-0.3, -0.25) is 9.05 Å². The molecule has 1 aliphatic heterocycles. The summed E-state index contributed by atoms with van der Waals surface area (Å²) in [5, 5.41) is 0. The first-order chi connectivity index (χ1) is 31.0. The van der Waals surface area contributed by atoms with E-state index in [0.717, 1.165) is 44.5 Å². The van der Waals surface area contributed by atoms with Gasteiger partial charge in [0.1, 0.15) is 28.7 Å². The Hall–Kier alpha value is -5.91. The molecule has 0 radical (unpaired) electrons. The van der Waals surface area contributed by atoms with Crippen molar-refractivity contribution in [3.8, 4) is 39.9 Å². The lowest BCUT2D eigenvalue weighted by molar-refractivity contribution is 0.00370. The van der Waals surface area contributed by atoms with E-state index >= 15 is 0 Å². The van der Waals surface area contributed by atoms with Crippen LogP contribution in [0, 0.1) is 0 Å². The topological polar surface area (TPSA) is 55.4 Å². The second-order valence-corrected chi connectivity index (χ2v) is 20.8. The van der Waals surface area contributed by atoms with Gasteiger partial charge in [0.2, 0.25) is 0 Å². The van der Waals surface area contributed by atoms with Gasteiger partial charge in [-0.05, 0) is 80.5 Å². The Kier molecular flexibility index (Phi) is 12.5. The second kappa shape index (κ2) is 17.8. The molecule has 334 valence electrons. The van der Waals surface area contributed by atoms with Crippen LogP contribution in [-0.2, 0) is 36.5 Å². The summed E-state index contributed by atoms with van der Waals surface area (Å²) >= 11 is 0. The largest absolute Gasteiger partial charge is 0.497 e. The van der Waals surface area contributed by atoms with Gasteiger partial charge in [-0.25, -0.2) is 0 Å². The van der Waals surface area contributed by atoms with E-state index in [2.05, 4.69) is 184 Å². The smallest absolute Gasteiger partial charge is 0.400 e. The predicted molar refractivity (Wildman–Crippen MR) is 265 cm³/mol. The maximum absolute atomic E-state index is 7.69. The summed E-state index contributed by atoms with van der Waals surface area (Å²) < 4.78 is 42.2. The first-order valence-electron chi connectivity index (χ1n) is 22.3. The number of benzene rings is 7. The normalized spacial score (nSPS) is 15.1. The third-order valence-corrected chi connectivity index (χ3v) is 13.4. The molecule has 0 spiro atoms. The van der Waals surface area contributed by atoms with Crippen molar-refractivity contribution < 1.29 is 27.8 Å². The Balaban J connectivity index is 1.41. The van der Waals surface area contributed by atoms with Gasteiger partial charge in [0.05, 0.1) is 14.2 Å². The first-order valence-corrected chi connectivity index (χ1v) is 23.4. The fraction of sp³-hybridized carbons (Fsp3) is 0.276. The third kappa shape index (κ3) is 8.68. The van der Waals surface area contributed by atoms with E-state index in [9.17, 15) is 0 Å². The summed E-state index contributed by atoms with van der Waals surface area (Å²) in [6, 6.07) is 58.1. The average molecular weight is 885 g/mol. The van der Waals surface area contributed by atoms with Crippen molar-refractivity contribution in [2.75, 3.05) is 14.2 Å². The average Bonchev–Trinajstić information content (AvgIpc) is 3.66. The van der Waals surface area contributed by atoms with E-state index in [-0.39, 0.29) is 10.8 Å². The van der Waals surface area contributed by atoms with Crippen molar-refractivity contribution in [2.45, 2.75) is 89.8 Å². The molecule has 7 aromatic rings. The van der Waals surface area contributed by atoms with Crippen LogP contribution in [-0.4, -0.2) is 14.2 Å². The van der Waals surface area contributed by atoms with Gasteiger partial charge in [-0.15, -0.1) is 0 Å². The van der Waals surface area contributed by atoms with Crippen molar-refractivity contribution in [3.05, 3.63) is 209 Å². The molecule has 0 aliphatic carbocycles. The highest BCUT2D eigenvalue weighted by Crippen LogP contribution is 2.71. The third-order valence-electron chi connectivity index (χ3n) is 12.2. The zero-order valence-electron chi connectivity index (χ0n) is 39.6. The molecule has 8 rings (SSSR count). The van der Waals surface area contributed by atoms with Crippen LogP contribution in [0.25, 0.3) is 11.1 Å². The Morgan fingerprint density at radius 1 is 0.400 bits per heavy atom. The standard InChI is InChI=1S/C58H61O6P/c1-54(2,3)40-32-34-45(35-33-40)61-52-48(36-46(59-10)38-50(52)55(4,5)6)49-37-47(60-11)39-51(56(7,8)9)53(49)62-65-63-57(41-24-16-12-17-25-41,42-26-18-13-19-27-42)58(64-65,43-28-20-14-21-29-43)44-30-22-15-23-31-44/h12-39H,1-11H3. The molecule has 0 bridgehead atoms. The lowest BCUT2D eigenvalue weighted by Crippen LogP contribution is -2.48. The number of ether oxygens (including phenoxy) is 3. The van der Waals surface area contributed by atoms with E-state index in [1.165, 1.54) is 5.56 Å². The second-order valence-electron chi connectivity index (χ2n) is 19.8. The van der Waals surface area contributed by atoms with Gasteiger partial charge in [0.25, 0.3) is 0 Å². The van der Waals surface area contributed by atoms with Crippen molar-refractivity contribution in [3.63, 3.8) is 0 Å². The molecule has 0 atom stereocenters. The molecule has 65 heavy (non-hydrogen) atoms. The molecule has 0 N–H and O–H groups in total. The number of rotatable bonds is 11. The first kappa shape index (κ1) is 45.7. The minimum atomic E-state index is -2.20. The molecule has 7 aromatic carbocycles. The van der Waals surface area contributed by atoms with Crippen molar-refractivity contribution in [1.29, 1.82) is 0 Å². The van der Waals surface area contributed by atoms with Crippen LogP contribution in [0.5, 0.6) is 28.7 Å². The summed E-state index contributed by atoms with van der Waals surface area (Å²) in [6.07, 6.45) is 0. The molecule has 1 fully saturated rings.